The second kappa shape index (κ2) is 5.08. The maximum absolute atomic E-state index is 11.6. The van der Waals surface area contributed by atoms with Crippen molar-refractivity contribution in [3.8, 4) is 0 Å². The van der Waals surface area contributed by atoms with E-state index in [1.165, 1.54) is 6.42 Å². The first-order chi connectivity index (χ1) is 7.27. The van der Waals surface area contributed by atoms with Crippen molar-refractivity contribution in [3.63, 3.8) is 0 Å². The van der Waals surface area contributed by atoms with Crippen LogP contribution in [0.5, 0.6) is 0 Å². The minimum absolute atomic E-state index is 0.0523. The minimum atomic E-state index is -0.187. The van der Waals surface area contributed by atoms with Gasteiger partial charge < -0.3 is 9.84 Å². The number of carbonyl (C=O) groups excluding carboxylic acids is 1. The Kier molecular flexibility index (Phi) is 3.76. The molecule has 2 aliphatic rings. The summed E-state index contributed by atoms with van der Waals surface area (Å²) in [5.41, 5.74) is 0. The molecular weight excluding hydrogens is 192 g/mol. The molecule has 3 heteroatoms. The molecule has 2 fully saturated rings. The zero-order chi connectivity index (χ0) is 10.7. The number of aliphatic hydroxyl groups is 1. The maximum Gasteiger partial charge on any atom is 0.140 e. The third kappa shape index (κ3) is 2.79. The monoisotopic (exact) mass is 212 g/mol. The summed E-state index contributed by atoms with van der Waals surface area (Å²) in [6.45, 7) is 1.16. The third-order valence-electron chi connectivity index (χ3n) is 3.72. The van der Waals surface area contributed by atoms with Crippen LogP contribution in [0.1, 0.15) is 38.5 Å². The van der Waals surface area contributed by atoms with E-state index in [1.54, 1.807) is 0 Å². The van der Waals surface area contributed by atoms with Gasteiger partial charge in [0.25, 0.3) is 0 Å². The van der Waals surface area contributed by atoms with E-state index in [-0.39, 0.29) is 12.0 Å². The molecule has 1 saturated carbocycles. The average molecular weight is 212 g/mol. The molecule has 15 heavy (non-hydrogen) atoms. The molecule has 1 N–H and O–H groups in total. The number of ether oxygens (including phenoxy) is 1. The Morgan fingerprint density at radius 2 is 2.13 bits per heavy atom. The van der Waals surface area contributed by atoms with Crippen LogP contribution in [0.25, 0.3) is 0 Å². The molecular formula is C12H20O3. The second-order valence-corrected chi connectivity index (χ2v) is 4.84. The number of Topliss-reactive ketones (excluding diaryl/α,β-unsaturated/α-hetero) is 1. The molecule has 0 bridgehead atoms. The number of carbonyl (C=O) groups is 1. The lowest BCUT2D eigenvalue weighted by molar-refractivity contribution is -0.131. The Hall–Kier alpha value is -0.410. The van der Waals surface area contributed by atoms with Gasteiger partial charge in [-0.2, -0.15) is 0 Å². The van der Waals surface area contributed by atoms with Crippen LogP contribution >= 0.6 is 0 Å². The quantitative estimate of drug-likeness (QED) is 0.755. The number of hydrogen-bond donors (Lipinski definition) is 1. The van der Waals surface area contributed by atoms with Gasteiger partial charge in [-0.25, -0.2) is 0 Å². The van der Waals surface area contributed by atoms with Crippen LogP contribution in [0.3, 0.4) is 0 Å². The van der Waals surface area contributed by atoms with Crippen LogP contribution in [0.2, 0.25) is 0 Å². The summed E-state index contributed by atoms with van der Waals surface area (Å²) in [5, 5.41) is 9.83. The van der Waals surface area contributed by atoms with Crippen LogP contribution in [0.15, 0.2) is 0 Å². The first kappa shape index (κ1) is 11.1. The van der Waals surface area contributed by atoms with Gasteiger partial charge in [0.2, 0.25) is 0 Å². The molecule has 1 saturated heterocycles. The van der Waals surface area contributed by atoms with Gasteiger partial charge in [0.05, 0.1) is 19.3 Å². The van der Waals surface area contributed by atoms with Crippen LogP contribution in [-0.2, 0) is 9.53 Å². The van der Waals surface area contributed by atoms with Crippen LogP contribution in [0.4, 0.5) is 0 Å². The Balaban J connectivity index is 1.86. The summed E-state index contributed by atoms with van der Waals surface area (Å²) in [4.78, 5) is 11.6. The van der Waals surface area contributed by atoms with Crippen molar-refractivity contribution in [2.24, 2.45) is 11.8 Å². The standard InChI is InChI=1S/C12H20O3/c13-11-4-2-1-3-9(11)7-10-8-15-6-5-12(10)14/h9-11,13H,1-8H2. The predicted octanol–water partition coefficient (Wildman–Crippen LogP) is 1.53. The lowest BCUT2D eigenvalue weighted by Gasteiger charge is -2.31. The van der Waals surface area contributed by atoms with Gasteiger partial charge in [-0.05, 0) is 25.2 Å². The van der Waals surface area contributed by atoms with Gasteiger partial charge in [-0.1, -0.05) is 12.8 Å². The highest BCUT2D eigenvalue weighted by Gasteiger charge is 2.30. The van der Waals surface area contributed by atoms with Crippen molar-refractivity contribution >= 4 is 5.78 Å². The normalized spacial score (nSPS) is 37.9. The zero-order valence-corrected chi connectivity index (χ0v) is 9.15. The molecule has 0 spiro atoms. The fraction of sp³-hybridized carbons (Fsp3) is 0.917. The van der Waals surface area contributed by atoms with Crippen molar-refractivity contribution in [2.45, 2.75) is 44.6 Å². The zero-order valence-electron chi connectivity index (χ0n) is 9.15. The van der Waals surface area contributed by atoms with Gasteiger partial charge in [0, 0.05) is 12.3 Å². The molecule has 86 valence electrons. The Morgan fingerprint density at radius 1 is 1.33 bits per heavy atom. The Labute approximate surface area is 90.8 Å². The molecule has 1 heterocycles. The molecule has 3 nitrogen and oxygen atoms in total. The van der Waals surface area contributed by atoms with E-state index in [2.05, 4.69) is 0 Å². The van der Waals surface area contributed by atoms with E-state index in [4.69, 9.17) is 4.74 Å². The maximum atomic E-state index is 11.6. The van der Waals surface area contributed by atoms with E-state index in [9.17, 15) is 9.90 Å². The highest BCUT2D eigenvalue weighted by Crippen LogP contribution is 2.31. The largest absolute Gasteiger partial charge is 0.393 e. The number of ketones is 1. The molecule has 1 aliphatic heterocycles. The Morgan fingerprint density at radius 3 is 2.87 bits per heavy atom. The minimum Gasteiger partial charge on any atom is -0.393 e. The lowest BCUT2D eigenvalue weighted by atomic mass is 9.79. The summed E-state index contributed by atoms with van der Waals surface area (Å²) in [7, 11) is 0. The summed E-state index contributed by atoms with van der Waals surface area (Å²) in [6, 6.07) is 0. The number of rotatable bonds is 2. The molecule has 3 unspecified atom stereocenters. The molecule has 0 aromatic heterocycles. The highest BCUT2D eigenvalue weighted by atomic mass is 16.5. The first-order valence-electron chi connectivity index (χ1n) is 6.06. The van der Waals surface area contributed by atoms with E-state index in [0.717, 1.165) is 25.7 Å². The van der Waals surface area contributed by atoms with Crippen molar-refractivity contribution in [3.05, 3.63) is 0 Å². The number of aliphatic hydroxyl groups excluding tert-OH is 1. The summed E-state index contributed by atoms with van der Waals surface area (Å²) in [6.07, 6.45) is 5.52. The van der Waals surface area contributed by atoms with Gasteiger partial charge in [0.1, 0.15) is 5.78 Å². The average Bonchev–Trinajstić information content (AvgIpc) is 2.24. The topological polar surface area (TPSA) is 46.5 Å². The van der Waals surface area contributed by atoms with Crippen LogP contribution < -0.4 is 0 Å². The third-order valence-corrected chi connectivity index (χ3v) is 3.72. The van der Waals surface area contributed by atoms with Crippen LogP contribution in [0, 0.1) is 11.8 Å². The van der Waals surface area contributed by atoms with Crippen molar-refractivity contribution in [2.75, 3.05) is 13.2 Å². The van der Waals surface area contributed by atoms with Gasteiger partial charge in [-0.3, -0.25) is 4.79 Å². The Bertz CT molecular complexity index is 227. The van der Waals surface area contributed by atoms with Gasteiger partial charge in [0.15, 0.2) is 0 Å². The summed E-state index contributed by atoms with van der Waals surface area (Å²) in [5.74, 6) is 0.713. The van der Waals surface area contributed by atoms with Crippen LogP contribution in [-0.4, -0.2) is 30.2 Å². The summed E-state index contributed by atoms with van der Waals surface area (Å²) < 4.78 is 5.33. The molecule has 1 aliphatic carbocycles. The lowest BCUT2D eigenvalue weighted by Crippen LogP contribution is -2.33. The molecule has 0 aromatic rings. The molecule has 0 amide bonds. The van der Waals surface area contributed by atoms with Gasteiger partial charge >= 0.3 is 0 Å². The van der Waals surface area contributed by atoms with E-state index >= 15 is 0 Å². The smallest absolute Gasteiger partial charge is 0.140 e. The van der Waals surface area contributed by atoms with Gasteiger partial charge in [-0.15, -0.1) is 0 Å². The molecule has 2 rings (SSSR count). The number of hydrogen-bond acceptors (Lipinski definition) is 3. The van der Waals surface area contributed by atoms with E-state index in [0.29, 0.717) is 31.3 Å². The highest BCUT2D eigenvalue weighted by molar-refractivity contribution is 5.81. The van der Waals surface area contributed by atoms with Crippen molar-refractivity contribution in [1.82, 2.24) is 0 Å². The predicted molar refractivity (Wildman–Crippen MR) is 56.5 cm³/mol. The SMILES string of the molecule is O=C1CCOCC1CC1CCCCC1O. The van der Waals surface area contributed by atoms with E-state index < -0.39 is 0 Å². The fourth-order valence-electron chi connectivity index (χ4n) is 2.72. The molecule has 0 aromatic carbocycles. The second-order valence-electron chi connectivity index (χ2n) is 4.84. The summed E-state index contributed by atoms with van der Waals surface area (Å²) >= 11 is 0. The fourth-order valence-corrected chi connectivity index (χ4v) is 2.72. The molecule has 0 radical (unpaired) electrons. The first-order valence-corrected chi connectivity index (χ1v) is 6.06. The van der Waals surface area contributed by atoms with Crippen molar-refractivity contribution in [1.29, 1.82) is 0 Å². The van der Waals surface area contributed by atoms with E-state index in [1.807, 2.05) is 0 Å². The van der Waals surface area contributed by atoms with Crippen molar-refractivity contribution < 1.29 is 14.6 Å². The molecule has 3 atom stereocenters.